The molecule has 0 aromatic heterocycles. The molecule has 0 amide bonds. The second kappa shape index (κ2) is 16.9. The van der Waals surface area contributed by atoms with Crippen molar-refractivity contribution in [2.45, 2.75) is 0 Å². The molecule has 0 aliphatic rings. The zero-order chi connectivity index (χ0) is 42.8. The average Bonchev–Trinajstić information content (AvgIpc) is 3.37. The molecule has 11 aromatic rings. The fraction of sp³-hybridized carbons (Fsp3) is 0. The molecule has 0 aliphatic carbocycles. The van der Waals surface area contributed by atoms with Gasteiger partial charge >= 0.3 is 0 Å². The van der Waals surface area contributed by atoms with Crippen molar-refractivity contribution in [2.75, 3.05) is 4.90 Å². The summed E-state index contributed by atoms with van der Waals surface area (Å²) in [6.07, 6.45) is 4.29. The molecule has 302 valence electrons. The molecule has 11 rings (SSSR count). The highest BCUT2D eigenvalue weighted by molar-refractivity contribution is 6.23. The van der Waals surface area contributed by atoms with Crippen molar-refractivity contribution in [2.24, 2.45) is 0 Å². The van der Waals surface area contributed by atoms with E-state index in [0.717, 1.165) is 44.8 Å². The molecule has 11 aromatic carbocycles. The first-order valence-electron chi connectivity index (χ1n) is 21.8. The van der Waals surface area contributed by atoms with Crippen LogP contribution in [0.3, 0.4) is 0 Å². The number of para-hydroxylation sites is 1. The fourth-order valence-electron chi connectivity index (χ4n) is 9.31. The van der Waals surface area contributed by atoms with E-state index < -0.39 is 0 Å². The van der Waals surface area contributed by atoms with Crippen LogP contribution in [-0.2, 0) is 0 Å². The lowest BCUT2D eigenvalue weighted by Gasteiger charge is -2.29. The quantitative estimate of drug-likeness (QED) is 0.104. The number of halogens is 1. The van der Waals surface area contributed by atoms with Crippen molar-refractivity contribution in [1.29, 1.82) is 0 Å². The van der Waals surface area contributed by atoms with Crippen LogP contribution in [0.2, 0.25) is 0 Å². The van der Waals surface area contributed by atoms with E-state index in [4.69, 9.17) is 0 Å². The molecule has 0 bridgehead atoms. The van der Waals surface area contributed by atoms with Crippen LogP contribution < -0.4 is 4.90 Å². The van der Waals surface area contributed by atoms with Crippen LogP contribution in [0.5, 0.6) is 0 Å². The first-order valence-corrected chi connectivity index (χ1v) is 21.8. The molecule has 64 heavy (non-hydrogen) atoms. The van der Waals surface area contributed by atoms with Gasteiger partial charge in [0.25, 0.3) is 0 Å². The SMILES string of the molecule is Fc1cc(-c2ccccc2)cc(-c2ccccc2)c1N(c1ccccc1)c1ccc(C=Cc2ccc(-c3c4ccccc4c(-c4cccc5ccccc45)c4ccccc34)cc2)cc1. The minimum atomic E-state index is -0.293. The van der Waals surface area contributed by atoms with Gasteiger partial charge in [0, 0.05) is 16.9 Å². The molecule has 0 atom stereocenters. The Hall–Kier alpha value is -8.33. The number of hydrogen-bond acceptors (Lipinski definition) is 1. The fourth-order valence-corrected chi connectivity index (χ4v) is 9.31. The Bertz CT molecular complexity index is 3400. The summed E-state index contributed by atoms with van der Waals surface area (Å²) in [6, 6.07) is 84.1. The normalized spacial score (nSPS) is 11.5. The van der Waals surface area contributed by atoms with Gasteiger partial charge in [0.15, 0.2) is 0 Å². The molecule has 0 saturated carbocycles. The zero-order valence-electron chi connectivity index (χ0n) is 35.1. The molecule has 0 heterocycles. The van der Waals surface area contributed by atoms with E-state index in [1.807, 2.05) is 95.9 Å². The monoisotopic (exact) mass is 819 g/mol. The Morgan fingerprint density at radius 1 is 0.312 bits per heavy atom. The van der Waals surface area contributed by atoms with Crippen LogP contribution in [0.4, 0.5) is 21.5 Å². The molecule has 0 fully saturated rings. The number of rotatable bonds is 9. The predicted molar refractivity (Wildman–Crippen MR) is 271 cm³/mol. The second-order valence-corrected chi connectivity index (χ2v) is 16.2. The number of fused-ring (bicyclic) bond motifs is 3. The van der Waals surface area contributed by atoms with Crippen molar-refractivity contribution in [3.05, 3.63) is 260 Å². The Morgan fingerprint density at radius 2 is 0.781 bits per heavy atom. The number of nitrogens with zero attached hydrogens (tertiary/aromatic N) is 1. The maximum absolute atomic E-state index is 16.9. The Balaban J connectivity index is 0.936. The van der Waals surface area contributed by atoms with Gasteiger partial charge in [-0.15, -0.1) is 0 Å². The minimum absolute atomic E-state index is 0.293. The molecule has 2 heteroatoms. The third kappa shape index (κ3) is 7.21. The van der Waals surface area contributed by atoms with E-state index in [1.165, 1.54) is 54.6 Å². The lowest BCUT2D eigenvalue weighted by Crippen LogP contribution is -2.13. The second-order valence-electron chi connectivity index (χ2n) is 16.2. The van der Waals surface area contributed by atoms with Crippen molar-refractivity contribution in [3.8, 4) is 44.5 Å². The average molecular weight is 820 g/mol. The van der Waals surface area contributed by atoms with Gasteiger partial charge in [-0.1, -0.05) is 218 Å². The van der Waals surface area contributed by atoms with Gasteiger partial charge in [-0.3, -0.25) is 0 Å². The zero-order valence-corrected chi connectivity index (χ0v) is 35.1. The van der Waals surface area contributed by atoms with Crippen LogP contribution >= 0.6 is 0 Å². The summed E-state index contributed by atoms with van der Waals surface area (Å²) in [7, 11) is 0. The Labute approximate surface area is 373 Å². The Morgan fingerprint density at radius 3 is 1.39 bits per heavy atom. The smallest absolute Gasteiger partial charge is 0.148 e. The highest BCUT2D eigenvalue weighted by atomic mass is 19.1. The van der Waals surface area contributed by atoms with E-state index in [9.17, 15) is 0 Å². The van der Waals surface area contributed by atoms with Gasteiger partial charge in [0.1, 0.15) is 5.82 Å². The molecule has 0 radical (unpaired) electrons. The summed E-state index contributed by atoms with van der Waals surface area (Å²) in [4.78, 5) is 2.03. The van der Waals surface area contributed by atoms with E-state index >= 15 is 4.39 Å². The van der Waals surface area contributed by atoms with E-state index in [-0.39, 0.29) is 5.82 Å². The first-order chi connectivity index (χ1) is 31.7. The summed E-state index contributed by atoms with van der Waals surface area (Å²) < 4.78 is 16.9. The predicted octanol–water partition coefficient (Wildman–Crippen LogP) is 17.6. The number of anilines is 3. The molecule has 0 aliphatic heterocycles. The topological polar surface area (TPSA) is 3.24 Å². The standard InChI is InChI=1S/C62H42FN/c63-59-42-49(45-17-4-1-5-18-45)41-58(47-19-6-2-7-20-47)62(59)64(50-23-8-3-9-24-50)51-39-35-44(36-40-51)32-31-43-33-37-48(38-34-43)60-54-26-12-14-28-56(54)61(57-29-15-13-27-55(57)60)53-30-16-22-46-21-10-11-25-52(46)53/h1-42H. The van der Waals surface area contributed by atoms with Gasteiger partial charge in [0.2, 0.25) is 0 Å². The van der Waals surface area contributed by atoms with E-state index in [2.05, 4.69) is 158 Å². The van der Waals surface area contributed by atoms with Crippen molar-refractivity contribution >= 4 is 61.5 Å². The van der Waals surface area contributed by atoms with Crippen molar-refractivity contribution < 1.29 is 4.39 Å². The largest absolute Gasteiger partial charge is 0.307 e. The van der Waals surface area contributed by atoms with Crippen LogP contribution in [0.1, 0.15) is 11.1 Å². The summed E-state index contributed by atoms with van der Waals surface area (Å²) in [6.45, 7) is 0. The molecule has 0 N–H and O–H groups in total. The van der Waals surface area contributed by atoms with Gasteiger partial charge in [0.05, 0.1) is 5.69 Å². The summed E-state index contributed by atoms with van der Waals surface area (Å²) in [5.74, 6) is -0.293. The minimum Gasteiger partial charge on any atom is -0.307 e. The van der Waals surface area contributed by atoms with Gasteiger partial charge < -0.3 is 4.90 Å². The van der Waals surface area contributed by atoms with Gasteiger partial charge in [-0.25, -0.2) is 4.39 Å². The molecule has 0 unspecified atom stereocenters. The summed E-state index contributed by atoms with van der Waals surface area (Å²) in [5, 5.41) is 7.46. The molecular weight excluding hydrogens is 778 g/mol. The van der Waals surface area contributed by atoms with Crippen LogP contribution in [-0.4, -0.2) is 0 Å². The number of benzene rings is 11. The van der Waals surface area contributed by atoms with Gasteiger partial charge in [-0.05, 0) is 119 Å². The lowest BCUT2D eigenvalue weighted by molar-refractivity contribution is 0.630. The van der Waals surface area contributed by atoms with Crippen LogP contribution in [0, 0.1) is 5.82 Å². The van der Waals surface area contributed by atoms with Crippen LogP contribution in [0.15, 0.2) is 243 Å². The first kappa shape index (κ1) is 38.6. The van der Waals surface area contributed by atoms with Crippen molar-refractivity contribution in [3.63, 3.8) is 0 Å². The number of hydrogen-bond donors (Lipinski definition) is 0. The highest BCUT2D eigenvalue weighted by Crippen LogP contribution is 2.47. The van der Waals surface area contributed by atoms with E-state index in [1.54, 1.807) is 6.07 Å². The maximum Gasteiger partial charge on any atom is 0.148 e. The molecular formula is C62H42FN. The summed E-state index contributed by atoms with van der Waals surface area (Å²) >= 11 is 0. The van der Waals surface area contributed by atoms with Crippen LogP contribution in [0.25, 0.3) is 89.0 Å². The highest BCUT2D eigenvalue weighted by Gasteiger charge is 2.23. The molecule has 1 nitrogen and oxygen atoms in total. The Kier molecular flexibility index (Phi) is 10.2. The van der Waals surface area contributed by atoms with E-state index in [0.29, 0.717) is 5.69 Å². The third-order valence-corrected chi connectivity index (χ3v) is 12.3. The molecule has 0 saturated heterocycles. The lowest BCUT2D eigenvalue weighted by atomic mass is 9.84. The maximum atomic E-state index is 16.9. The van der Waals surface area contributed by atoms with Crippen molar-refractivity contribution in [1.82, 2.24) is 0 Å². The summed E-state index contributed by atoms with van der Waals surface area (Å²) in [5.41, 5.74) is 12.9. The third-order valence-electron chi connectivity index (χ3n) is 12.3. The molecule has 0 spiro atoms. The van der Waals surface area contributed by atoms with Gasteiger partial charge in [-0.2, -0.15) is 0 Å².